The van der Waals surface area contributed by atoms with Crippen LogP contribution < -0.4 is 0 Å². The lowest BCUT2D eigenvalue weighted by Gasteiger charge is -1.98. The molecule has 1 rings (SSSR count). The molecule has 3 nitrogen and oxygen atoms in total. The average molecular weight is 197 g/mol. The molecule has 0 amide bonds. The fourth-order valence-corrected chi connectivity index (χ4v) is 1.47. The van der Waals surface area contributed by atoms with E-state index >= 15 is 0 Å². The molecular weight excluding hydrogens is 186 g/mol. The summed E-state index contributed by atoms with van der Waals surface area (Å²) >= 11 is 1.79. The zero-order chi connectivity index (χ0) is 9.68. The highest BCUT2D eigenvalue weighted by Crippen LogP contribution is 2.10. The topological polar surface area (TPSA) is 50.2 Å². The second-order valence-electron chi connectivity index (χ2n) is 2.49. The van der Waals surface area contributed by atoms with Crippen LogP contribution in [0.15, 0.2) is 18.3 Å². The first-order chi connectivity index (χ1) is 6.24. The number of thioether (sulfide) groups is 1. The van der Waals surface area contributed by atoms with Crippen molar-refractivity contribution in [2.24, 2.45) is 0 Å². The fourth-order valence-electron chi connectivity index (χ4n) is 0.856. The summed E-state index contributed by atoms with van der Waals surface area (Å²) in [6.45, 7) is 2.09. The van der Waals surface area contributed by atoms with Crippen LogP contribution in [0.3, 0.4) is 0 Å². The van der Waals surface area contributed by atoms with Crippen molar-refractivity contribution >= 4 is 17.7 Å². The van der Waals surface area contributed by atoms with E-state index in [0.717, 1.165) is 17.1 Å². The van der Waals surface area contributed by atoms with E-state index in [1.54, 1.807) is 24.0 Å². The largest absolute Gasteiger partial charge is 0.477 e. The Morgan fingerprint density at radius 1 is 1.62 bits per heavy atom. The molecule has 0 saturated carbocycles. The molecule has 0 fully saturated rings. The molecule has 0 aliphatic heterocycles. The Morgan fingerprint density at radius 3 is 2.85 bits per heavy atom. The lowest BCUT2D eigenvalue weighted by Crippen LogP contribution is -1.99. The van der Waals surface area contributed by atoms with Gasteiger partial charge in [0.25, 0.3) is 0 Å². The second kappa shape index (κ2) is 4.87. The molecule has 1 aromatic rings. The van der Waals surface area contributed by atoms with Crippen molar-refractivity contribution in [3.05, 3.63) is 29.6 Å². The number of nitrogens with zero attached hydrogens (tertiary/aromatic N) is 1. The Kier molecular flexibility index (Phi) is 3.76. The van der Waals surface area contributed by atoms with E-state index in [1.807, 2.05) is 0 Å². The lowest BCUT2D eigenvalue weighted by molar-refractivity contribution is 0.0690. The van der Waals surface area contributed by atoms with Crippen LogP contribution in [0.1, 0.15) is 23.0 Å². The van der Waals surface area contributed by atoms with Gasteiger partial charge in [-0.15, -0.1) is 0 Å². The molecule has 0 unspecified atom stereocenters. The monoisotopic (exact) mass is 197 g/mol. The van der Waals surface area contributed by atoms with Crippen LogP contribution in [0.5, 0.6) is 0 Å². The van der Waals surface area contributed by atoms with Crippen molar-refractivity contribution in [2.75, 3.05) is 5.75 Å². The maximum Gasteiger partial charge on any atom is 0.354 e. The normalized spacial score (nSPS) is 9.92. The second-order valence-corrected chi connectivity index (χ2v) is 3.77. The van der Waals surface area contributed by atoms with E-state index in [2.05, 4.69) is 11.9 Å². The quantitative estimate of drug-likeness (QED) is 0.802. The van der Waals surface area contributed by atoms with Crippen LogP contribution in [0.4, 0.5) is 0 Å². The summed E-state index contributed by atoms with van der Waals surface area (Å²) in [6.07, 6.45) is 1.62. The van der Waals surface area contributed by atoms with Crippen LogP contribution in [-0.2, 0) is 5.75 Å². The van der Waals surface area contributed by atoms with E-state index in [1.165, 1.54) is 6.07 Å². The molecule has 1 N–H and O–H groups in total. The first-order valence-corrected chi connectivity index (χ1v) is 5.15. The van der Waals surface area contributed by atoms with Crippen molar-refractivity contribution in [3.8, 4) is 0 Å². The van der Waals surface area contributed by atoms with Gasteiger partial charge >= 0.3 is 5.97 Å². The minimum absolute atomic E-state index is 0.102. The summed E-state index contributed by atoms with van der Waals surface area (Å²) in [5.41, 5.74) is 1.17. The van der Waals surface area contributed by atoms with Crippen molar-refractivity contribution in [3.63, 3.8) is 0 Å². The smallest absolute Gasteiger partial charge is 0.354 e. The molecule has 0 radical (unpaired) electrons. The van der Waals surface area contributed by atoms with Gasteiger partial charge in [0.1, 0.15) is 5.69 Å². The first kappa shape index (κ1) is 10.1. The Bertz CT molecular complexity index is 284. The molecule has 0 aliphatic rings. The zero-order valence-corrected chi connectivity index (χ0v) is 8.17. The highest BCUT2D eigenvalue weighted by atomic mass is 32.2. The number of carboxylic acid groups (broad SMARTS) is 1. The number of carbonyl (C=O) groups is 1. The third-order valence-electron chi connectivity index (χ3n) is 1.52. The van der Waals surface area contributed by atoms with Crippen molar-refractivity contribution in [2.45, 2.75) is 12.7 Å². The lowest BCUT2D eigenvalue weighted by atomic mass is 10.3. The van der Waals surface area contributed by atoms with Gasteiger partial charge in [0, 0.05) is 11.9 Å². The van der Waals surface area contributed by atoms with Gasteiger partial charge in [-0.2, -0.15) is 11.8 Å². The number of aromatic nitrogens is 1. The molecule has 13 heavy (non-hydrogen) atoms. The van der Waals surface area contributed by atoms with Gasteiger partial charge in [-0.3, -0.25) is 0 Å². The molecule has 0 aliphatic carbocycles. The number of hydrogen-bond acceptors (Lipinski definition) is 3. The molecule has 0 saturated heterocycles. The number of aromatic carboxylic acids is 1. The Hall–Kier alpha value is -1.03. The standard InChI is InChI=1S/C9H11NO2S/c1-2-13-6-7-3-4-8(9(11)12)10-5-7/h3-5H,2,6H2,1H3,(H,11,12). The maximum atomic E-state index is 10.5. The molecule has 4 heteroatoms. The van der Waals surface area contributed by atoms with Gasteiger partial charge in [-0.25, -0.2) is 9.78 Å². The van der Waals surface area contributed by atoms with Crippen LogP contribution in [0.25, 0.3) is 0 Å². The minimum atomic E-state index is -0.977. The van der Waals surface area contributed by atoms with Gasteiger partial charge in [-0.1, -0.05) is 13.0 Å². The highest BCUT2D eigenvalue weighted by Gasteiger charge is 2.02. The summed E-state index contributed by atoms with van der Waals surface area (Å²) in [5.74, 6) is 0.971. The SMILES string of the molecule is CCSCc1ccc(C(=O)O)nc1. The van der Waals surface area contributed by atoms with Crippen molar-refractivity contribution in [1.29, 1.82) is 0 Å². The molecule has 0 spiro atoms. The highest BCUT2D eigenvalue weighted by molar-refractivity contribution is 7.98. The van der Waals surface area contributed by atoms with Gasteiger partial charge in [-0.05, 0) is 17.4 Å². The van der Waals surface area contributed by atoms with Crippen molar-refractivity contribution in [1.82, 2.24) is 4.98 Å². The Morgan fingerprint density at radius 2 is 2.38 bits per heavy atom. The van der Waals surface area contributed by atoms with E-state index in [4.69, 9.17) is 5.11 Å². The summed E-state index contributed by atoms with van der Waals surface area (Å²) < 4.78 is 0. The third kappa shape index (κ3) is 3.06. The van der Waals surface area contributed by atoms with Crippen LogP contribution in [-0.4, -0.2) is 21.8 Å². The van der Waals surface area contributed by atoms with E-state index < -0.39 is 5.97 Å². The number of hydrogen-bond donors (Lipinski definition) is 1. The summed E-state index contributed by atoms with van der Waals surface area (Å²) in [4.78, 5) is 14.3. The Balaban J connectivity index is 2.64. The van der Waals surface area contributed by atoms with Gasteiger partial charge < -0.3 is 5.11 Å². The van der Waals surface area contributed by atoms with E-state index in [-0.39, 0.29) is 5.69 Å². The predicted molar refractivity (Wildman–Crippen MR) is 53.0 cm³/mol. The molecule has 0 bridgehead atoms. The fraction of sp³-hybridized carbons (Fsp3) is 0.333. The van der Waals surface area contributed by atoms with Crippen molar-refractivity contribution < 1.29 is 9.90 Å². The average Bonchev–Trinajstić information content (AvgIpc) is 2.15. The Labute approximate surface area is 81.2 Å². The number of carboxylic acids is 1. The minimum Gasteiger partial charge on any atom is -0.477 e. The first-order valence-electron chi connectivity index (χ1n) is 4.00. The van der Waals surface area contributed by atoms with Crippen LogP contribution in [0.2, 0.25) is 0 Å². The van der Waals surface area contributed by atoms with Gasteiger partial charge in [0.2, 0.25) is 0 Å². The maximum absolute atomic E-state index is 10.5. The molecule has 0 atom stereocenters. The molecule has 1 aromatic heterocycles. The molecule has 0 aromatic carbocycles. The predicted octanol–water partition coefficient (Wildman–Crippen LogP) is 2.03. The van der Waals surface area contributed by atoms with Crippen LogP contribution in [0, 0.1) is 0 Å². The zero-order valence-electron chi connectivity index (χ0n) is 7.36. The van der Waals surface area contributed by atoms with E-state index in [0.29, 0.717) is 0 Å². The van der Waals surface area contributed by atoms with Crippen LogP contribution >= 0.6 is 11.8 Å². The summed E-state index contributed by atoms with van der Waals surface area (Å²) in [5, 5.41) is 8.58. The van der Waals surface area contributed by atoms with Gasteiger partial charge in [0.05, 0.1) is 0 Å². The third-order valence-corrected chi connectivity index (χ3v) is 2.46. The molecular formula is C9H11NO2S. The number of rotatable bonds is 4. The number of pyridine rings is 1. The summed E-state index contributed by atoms with van der Waals surface area (Å²) in [6, 6.07) is 3.34. The van der Waals surface area contributed by atoms with E-state index in [9.17, 15) is 4.79 Å². The molecule has 1 heterocycles. The summed E-state index contributed by atoms with van der Waals surface area (Å²) in [7, 11) is 0. The van der Waals surface area contributed by atoms with Gasteiger partial charge in [0.15, 0.2) is 0 Å². The molecule has 70 valence electrons.